The molecule has 3 heterocycles. The molecule has 0 radical (unpaired) electrons. The molecule has 1 aromatic carbocycles. The monoisotopic (exact) mass is 539 g/mol. The smallest absolute Gasteiger partial charge is 0.388 e. The van der Waals surface area contributed by atoms with E-state index < -0.39 is 12.6 Å². The number of benzene rings is 1. The van der Waals surface area contributed by atoms with Crippen LogP contribution in [0.15, 0.2) is 48.8 Å². The number of carbonyl (C=O) groups excluding carboxylic acids is 2. The summed E-state index contributed by atoms with van der Waals surface area (Å²) in [5, 5.41) is 10.7. The highest BCUT2D eigenvalue weighted by Crippen LogP contribution is 2.51. The number of aryl methyl sites for hydroxylation is 1. The number of hydrogen-bond acceptors (Lipinski definition) is 6. The number of nitrogens with zero attached hydrogens (tertiary/aromatic N) is 6. The van der Waals surface area contributed by atoms with E-state index in [-0.39, 0.29) is 41.4 Å². The molecule has 1 aliphatic carbocycles. The van der Waals surface area contributed by atoms with Gasteiger partial charge in [0.1, 0.15) is 12.2 Å². The van der Waals surface area contributed by atoms with E-state index in [0.717, 1.165) is 11.3 Å². The number of rotatable bonds is 8. The molecule has 12 heteroatoms. The molecule has 2 aromatic heterocycles. The van der Waals surface area contributed by atoms with Gasteiger partial charge in [0.2, 0.25) is 11.8 Å². The SMILES string of the molecule is Cc1ccc(NC(=O)N(c2ccccc2C(C)C)C2CC3(C2)CN(C(=O)Cn2nccn2)C3)c(OC(F)F)n1. The Labute approximate surface area is 224 Å². The summed E-state index contributed by atoms with van der Waals surface area (Å²) in [5.41, 5.74) is 2.26. The van der Waals surface area contributed by atoms with E-state index >= 15 is 0 Å². The van der Waals surface area contributed by atoms with Crippen molar-refractivity contribution in [3.63, 3.8) is 0 Å². The molecule has 1 N–H and O–H groups in total. The molecule has 0 unspecified atom stereocenters. The highest BCUT2D eigenvalue weighted by atomic mass is 19.3. The van der Waals surface area contributed by atoms with Crippen LogP contribution in [0, 0.1) is 12.3 Å². The fraction of sp³-hybridized carbons (Fsp3) is 0.444. The third-order valence-electron chi connectivity index (χ3n) is 7.33. The van der Waals surface area contributed by atoms with Crippen LogP contribution in [-0.4, -0.2) is 62.6 Å². The number of hydrogen-bond donors (Lipinski definition) is 1. The summed E-state index contributed by atoms with van der Waals surface area (Å²) >= 11 is 0. The third kappa shape index (κ3) is 5.55. The van der Waals surface area contributed by atoms with Gasteiger partial charge in [-0.3, -0.25) is 9.69 Å². The van der Waals surface area contributed by atoms with E-state index in [1.807, 2.05) is 24.3 Å². The molecule has 3 aromatic rings. The van der Waals surface area contributed by atoms with Crippen molar-refractivity contribution < 1.29 is 23.1 Å². The molecular weight excluding hydrogens is 508 g/mol. The minimum atomic E-state index is -3.08. The lowest BCUT2D eigenvalue weighted by Crippen LogP contribution is -2.68. The second-order valence-electron chi connectivity index (χ2n) is 10.6. The summed E-state index contributed by atoms with van der Waals surface area (Å²) in [7, 11) is 0. The molecule has 0 bridgehead atoms. The Bertz CT molecular complexity index is 1330. The first kappa shape index (κ1) is 26.5. The topological polar surface area (TPSA) is 105 Å². The lowest BCUT2D eigenvalue weighted by molar-refractivity contribution is -0.152. The van der Waals surface area contributed by atoms with Crippen molar-refractivity contribution in [1.29, 1.82) is 0 Å². The molecule has 0 atom stereocenters. The van der Waals surface area contributed by atoms with E-state index in [9.17, 15) is 18.4 Å². The van der Waals surface area contributed by atoms with Gasteiger partial charge in [0.15, 0.2) is 0 Å². The van der Waals surface area contributed by atoms with Crippen LogP contribution < -0.4 is 15.0 Å². The van der Waals surface area contributed by atoms with Crippen molar-refractivity contribution in [1.82, 2.24) is 24.9 Å². The van der Waals surface area contributed by atoms with E-state index in [1.165, 1.54) is 23.3 Å². The van der Waals surface area contributed by atoms with Crippen LogP contribution in [0.25, 0.3) is 0 Å². The van der Waals surface area contributed by atoms with Gasteiger partial charge >= 0.3 is 12.6 Å². The summed E-state index contributed by atoms with van der Waals surface area (Å²) in [6.45, 7) is 4.00. The number of aromatic nitrogens is 4. The molecule has 10 nitrogen and oxygen atoms in total. The van der Waals surface area contributed by atoms with Gasteiger partial charge in [0, 0.05) is 35.9 Å². The number of urea groups is 1. The molecule has 5 rings (SSSR count). The van der Waals surface area contributed by atoms with E-state index in [0.29, 0.717) is 31.6 Å². The summed E-state index contributed by atoms with van der Waals surface area (Å²) in [4.78, 5) is 35.3. The van der Waals surface area contributed by atoms with Crippen LogP contribution in [0.1, 0.15) is 43.9 Å². The summed E-state index contributed by atoms with van der Waals surface area (Å²) in [5.74, 6) is -0.226. The van der Waals surface area contributed by atoms with Gasteiger partial charge in [-0.25, -0.2) is 9.78 Å². The number of amides is 3. The van der Waals surface area contributed by atoms with E-state index in [2.05, 4.69) is 39.1 Å². The molecule has 206 valence electrons. The van der Waals surface area contributed by atoms with Gasteiger partial charge in [-0.1, -0.05) is 32.0 Å². The second kappa shape index (κ2) is 10.6. The standard InChI is InChI=1S/C27H31F2N7O3/c1-17(2)20-6-4-5-7-22(20)36(26(38)33-21-9-8-18(3)32-24(21)39-25(28)29)19-12-27(13-19)15-34(16-27)23(37)14-35-30-10-11-31-35/h4-11,17,19,25H,12-16H2,1-3H3,(H,33,38). The maximum absolute atomic E-state index is 13.8. The Balaban J connectivity index is 1.34. The van der Waals surface area contributed by atoms with Crippen molar-refractivity contribution in [3.8, 4) is 5.88 Å². The largest absolute Gasteiger partial charge is 0.415 e. The number of alkyl halides is 2. The number of halogens is 2. The highest BCUT2D eigenvalue weighted by molar-refractivity contribution is 6.03. The van der Waals surface area contributed by atoms with Gasteiger partial charge in [-0.15, -0.1) is 0 Å². The fourth-order valence-corrected chi connectivity index (χ4v) is 5.51. The van der Waals surface area contributed by atoms with Gasteiger partial charge in [0.25, 0.3) is 0 Å². The second-order valence-corrected chi connectivity index (χ2v) is 10.6. The molecule has 1 spiro atoms. The quantitative estimate of drug-likeness (QED) is 0.454. The Morgan fingerprint density at radius 1 is 1.13 bits per heavy atom. The average molecular weight is 540 g/mol. The molecule has 1 saturated carbocycles. The van der Waals surface area contributed by atoms with Crippen molar-refractivity contribution >= 4 is 23.3 Å². The highest BCUT2D eigenvalue weighted by Gasteiger charge is 2.56. The zero-order chi connectivity index (χ0) is 27.7. The predicted molar refractivity (Wildman–Crippen MR) is 140 cm³/mol. The van der Waals surface area contributed by atoms with E-state index in [4.69, 9.17) is 0 Å². The Morgan fingerprint density at radius 3 is 2.49 bits per heavy atom. The lowest BCUT2D eigenvalue weighted by Gasteiger charge is -2.60. The molecule has 39 heavy (non-hydrogen) atoms. The van der Waals surface area contributed by atoms with Gasteiger partial charge in [-0.05, 0) is 49.4 Å². The van der Waals surface area contributed by atoms with Gasteiger partial charge in [0.05, 0.1) is 12.4 Å². The normalized spacial score (nSPS) is 16.2. The lowest BCUT2D eigenvalue weighted by atomic mass is 9.60. The number of ether oxygens (including phenoxy) is 1. The van der Waals surface area contributed by atoms with Crippen LogP contribution in [-0.2, 0) is 11.3 Å². The minimum Gasteiger partial charge on any atom is -0.415 e. The van der Waals surface area contributed by atoms with Gasteiger partial charge < -0.3 is 15.0 Å². The molecule has 1 aliphatic heterocycles. The Kier molecular flexibility index (Phi) is 7.19. The number of likely N-dealkylation sites (tertiary alicyclic amines) is 1. The third-order valence-corrected chi connectivity index (χ3v) is 7.33. The van der Waals surface area contributed by atoms with Crippen LogP contribution in [0.5, 0.6) is 5.88 Å². The van der Waals surface area contributed by atoms with Crippen molar-refractivity contribution in [2.45, 2.75) is 58.7 Å². The maximum atomic E-state index is 13.8. The molecule has 2 aliphatic rings. The predicted octanol–water partition coefficient (Wildman–Crippen LogP) is 4.44. The Hall–Kier alpha value is -4.09. The summed E-state index contributed by atoms with van der Waals surface area (Å²) in [6, 6.07) is 10.2. The van der Waals surface area contributed by atoms with Crippen molar-refractivity contribution in [3.05, 3.63) is 60.0 Å². The van der Waals surface area contributed by atoms with Gasteiger partial charge in [-0.2, -0.15) is 23.8 Å². The van der Waals surface area contributed by atoms with E-state index in [1.54, 1.807) is 22.8 Å². The minimum absolute atomic E-state index is 0.0431. The van der Waals surface area contributed by atoms with Crippen LogP contribution in [0.3, 0.4) is 0 Å². The zero-order valence-electron chi connectivity index (χ0n) is 22.1. The first-order valence-corrected chi connectivity index (χ1v) is 12.9. The maximum Gasteiger partial charge on any atom is 0.388 e. The first-order chi connectivity index (χ1) is 18.6. The van der Waals surface area contributed by atoms with Crippen LogP contribution in [0.4, 0.5) is 25.0 Å². The number of anilines is 2. The van der Waals surface area contributed by atoms with Crippen molar-refractivity contribution in [2.75, 3.05) is 23.3 Å². The summed E-state index contributed by atoms with van der Waals surface area (Å²) < 4.78 is 30.6. The van der Waals surface area contributed by atoms with Crippen LogP contribution in [0.2, 0.25) is 0 Å². The zero-order valence-corrected chi connectivity index (χ0v) is 22.1. The molecule has 2 fully saturated rings. The molecule has 1 saturated heterocycles. The number of pyridine rings is 1. The molecule has 3 amide bonds. The molecular formula is C27H31F2N7O3. The van der Waals surface area contributed by atoms with Crippen LogP contribution >= 0.6 is 0 Å². The number of nitrogens with one attached hydrogen (secondary N) is 1. The fourth-order valence-electron chi connectivity index (χ4n) is 5.51. The Morgan fingerprint density at radius 2 is 1.82 bits per heavy atom. The average Bonchev–Trinajstić information content (AvgIpc) is 3.34. The first-order valence-electron chi connectivity index (χ1n) is 12.9. The van der Waals surface area contributed by atoms with Crippen molar-refractivity contribution in [2.24, 2.45) is 5.41 Å². The number of para-hydroxylation sites is 1. The number of carbonyl (C=O) groups is 2. The summed E-state index contributed by atoms with van der Waals surface area (Å²) in [6.07, 6.45) is 4.49.